The molecule has 1 aromatic heterocycles. The van der Waals surface area contributed by atoms with Gasteiger partial charge in [0.25, 0.3) is 11.6 Å². The van der Waals surface area contributed by atoms with Gasteiger partial charge < -0.3 is 0 Å². The number of pyridine rings is 1. The summed E-state index contributed by atoms with van der Waals surface area (Å²) in [7, 11) is 0. The highest BCUT2D eigenvalue weighted by Crippen LogP contribution is 2.40. The lowest BCUT2D eigenvalue weighted by Gasteiger charge is -2.25. The number of amides is 1. The van der Waals surface area contributed by atoms with Gasteiger partial charge in [-0.25, -0.2) is 4.98 Å². The third-order valence-corrected chi connectivity index (χ3v) is 4.59. The second kappa shape index (κ2) is 6.75. The summed E-state index contributed by atoms with van der Waals surface area (Å²) in [6, 6.07) is 7.75. The van der Waals surface area contributed by atoms with E-state index in [0.717, 1.165) is 4.90 Å². The number of anilines is 1. The fourth-order valence-electron chi connectivity index (χ4n) is 3.00. The van der Waals surface area contributed by atoms with Gasteiger partial charge in [0.1, 0.15) is 17.5 Å². The van der Waals surface area contributed by atoms with Crippen LogP contribution >= 0.6 is 15.9 Å². The molecule has 2 heterocycles. The zero-order valence-electron chi connectivity index (χ0n) is 13.5. The fourth-order valence-corrected chi connectivity index (χ4v) is 3.23. The van der Waals surface area contributed by atoms with Crippen molar-refractivity contribution in [1.82, 2.24) is 4.98 Å². The zero-order chi connectivity index (χ0) is 19.0. The number of carbonyl (C=O) groups excluding carboxylic acids is 3. The molecule has 8 nitrogen and oxygen atoms in total. The molecular formula is C17H12BrN3O5. The fraction of sp³-hybridized carbons (Fsp3) is 0.176. The van der Waals surface area contributed by atoms with Crippen LogP contribution in [0.1, 0.15) is 18.5 Å². The normalized spacial score (nSPS) is 19.7. The molecule has 3 rings (SSSR count). The van der Waals surface area contributed by atoms with E-state index >= 15 is 0 Å². The Morgan fingerprint density at radius 2 is 2.00 bits per heavy atom. The van der Waals surface area contributed by atoms with Gasteiger partial charge in [0.15, 0.2) is 0 Å². The second-order valence-corrected chi connectivity index (χ2v) is 6.67. The number of hydrogen-bond donors (Lipinski definition) is 0. The number of nitro benzene ring substituents is 1. The Kier molecular flexibility index (Phi) is 4.64. The van der Waals surface area contributed by atoms with Crippen molar-refractivity contribution in [2.45, 2.75) is 13.0 Å². The highest BCUT2D eigenvalue weighted by atomic mass is 79.9. The minimum Gasteiger partial charge on any atom is -0.299 e. The minimum absolute atomic E-state index is 0.187. The molecule has 1 aromatic carbocycles. The number of hydrogen-bond acceptors (Lipinski definition) is 6. The first-order valence-corrected chi connectivity index (χ1v) is 8.34. The number of nitrogens with zero attached hydrogens (tertiary/aromatic N) is 3. The summed E-state index contributed by atoms with van der Waals surface area (Å²) in [6.45, 7) is 1.22. The molecule has 1 aliphatic rings. The van der Waals surface area contributed by atoms with Crippen LogP contribution in [0.5, 0.6) is 0 Å². The van der Waals surface area contributed by atoms with E-state index in [1.54, 1.807) is 12.1 Å². The molecule has 1 saturated heterocycles. The Bertz CT molecular complexity index is 928. The maximum Gasteiger partial charge on any atom is 0.297 e. The predicted octanol–water partition coefficient (Wildman–Crippen LogP) is 2.61. The molecule has 0 N–H and O–H groups in total. The Morgan fingerprint density at radius 1 is 1.27 bits per heavy atom. The molecule has 2 atom stereocenters. The maximum atomic E-state index is 12.5. The van der Waals surface area contributed by atoms with E-state index in [-0.39, 0.29) is 11.5 Å². The summed E-state index contributed by atoms with van der Waals surface area (Å²) in [4.78, 5) is 52.8. The molecule has 0 radical (unpaired) electrons. The molecule has 0 spiro atoms. The summed E-state index contributed by atoms with van der Waals surface area (Å²) < 4.78 is 0.675. The first kappa shape index (κ1) is 17.9. The number of ketones is 2. The predicted molar refractivity (Wildman–Crippen MR) is 94.4 cm³/mol. The van der Waals surface area contributed by atoms with E-state index in [0.29, 0.717) is 10.0 Å². The van der Waals surface area contributed by atoms with Gasteiger partial charge in [-0.2, -0.15) is 0 Å². The SMILES string of the molecule is CC(=O)C1C(=O)C(=O)N(c2ccc(Br)cn2)C1c1cccc([N+](=O)[O-])c1. The smallest absolute Gasteiger partial charge is 0.297 e. The van der Waals surface area contributed by atoms with Gasteiger partial charge in [-0.15, -0.1) is 0 Å². The van der Waals surface area contributed by atoms with Gasteiger partial charge in [0.05, 0.1) is 11.0 Å². The van der Waals surface area contributed by atoms with Crippen LogP contribution in [0.3, 0.4) is 0 Å². The molecule has 9 heteroatoms. The number of nitro groups is 1. The maximum absolute atomic E-state index is 12.5. The van der Waals surface area contributed by atoms with Crippen LogP contribution in [0.15, 0.2) is 47.1 Å². The average Bonchev–Trinajstić information content (AvgIpc) is 2.87. The number of benzene rings is 1. The number of non-ortho nitro benzene ring substituents is 1. The van der Waals surface area contributed by atoms with Crippen molar-refractivity contribution in [2.75, 3.05) is 4.90 Å². The van der Waals surface area contributed by atoms with Crippen molar-refractivity contribution in [1.29, 1.82) is 0 Å². The van der Waals surface area contributed by atoms with Crippen molar-refractivity contribution in [2.24, 2.45) is 5.92 Å². The molecule has 0 aliphatic carbocycles. The molecule has 1 amide bonds. The van der Waals surface area contributed by atoms with Gasteiger partial charge >= 0.3 is 0 Å². The van der Waals surface area contributed by atoms with Gasteiger partial charge in [-0.05, 0) is 40.5 Å². The van der Waals surface area contributed by atoms with E-state index in [2.05, 4.69) is 20.9 Å². The summed E-state index contributed by atoms with van der Waals surface area (Å²) >= 11 is 3.24. The lowest BCUT2D eigenvalue weighted by molar-refractivity contribution is -0.384. The van der Waals surface area contributed by atoms with Gasteiger partial charge in [0, 0.05) is 22.8 Å². The first-order valence-electron chi connectivity index (χ1n) is 7.55. The zero-order valence-corrected chi connectivity index (χ0v) is 15.0. The third kappa shape index (κ3) is 3.01. The third-order valence-electron chi connectivity index (χ3n) is 4.13. The van der Waals surface area contributed by atoms with Crippen LogP contribution in [0.4, 0.5) is 11.5 Å². The topological polar surface area (TPSA) is 110 Å². The van der Waals surface area contributed by atoms with Gasteiger partial charge in [-0.3, -0.25) is 29.4 Å². The minimum atomic E-state index is -1.24. The van der Waals surface area contributed by atoms with Crippen LogP contribution in [-0.2, 0) is 14.4 Å². The molecule has 1 aliphatic heterocycles. The van der Waals surface area contributed by atoms with Gasteiger partial charge in [-0.1, -0.05) is 12.1 Å². The van der Waals surface area contributed by atoms with E-state index in [4.69, 9.17) is 0 Å². The molecule has 1 fully saturated rings. The van der Waals surface area contributed by atoms with E-state index in [9.17, 15) is 24.5 Å². The largest absolute Gasteiger partial charge is 0.299 e. The highest BCUT2D eigenvalue weighted by Gasteiger charge is 2.51. The quantitative estimate of drug-likeness (QED) is 0.327. The average molecular weight is 418 g/mol. The van der Waals surface area contributed by atoms with E-state index < -0.39 is 34.4 Å². The summed E-state index contributed by atoms with van der Waals surface area (Å²) in [5.74, 6) is -3.25. The molecule has 0 saturated carbocycles. The monoisotopic (exact) mass is 417 g/mol. The van der Waals surface area contributed by atoms with Crippen LogP contribution in [0.2, 0.25) is 0 Å². The number of rotatable bonds is 4. The molecule has 2 aromatic rings. The van der Waals surface area contributed by atoms with Gasteiger partial charge in [0.2, 0.25) is 5.78 Å². The lowest BCUT2D eigenvalue weighted by atomic mass is 9.89. The number of aromatic nitrogens is 1. The standard InChI is InChI=1S/C17H12BrN3O5/c1-9(22)14-15(10-3-2-4-12(7-10)21(25)26)20(17(24)16(14)23)13-6-5-11(18)8-19-13/h2-8,14-15H,1H3. The molecule has 0 bridgehead atoms. The Morgan fingerprint density at radius 3 is 2.58 bits per heavy atom. The number of Topliss-reactive ketones (excluding diaryl/α,β-unsaturated/α-hetero) is 2. The molecule has 132 valence electrons. The number of halogens is 1. The summed E-state index contributed by atoms with van der Waals surface area (Å²) in [5.41, 5.74) is 0.128. The molecule has 2 unspecified atom stereocenters. The molecular weight excluding hydrogens is 406 g/mol. The Labute approximate surface area is 156 Å². The second-order valence-electron chi connectivity index (χ2n) is 5.76. The van der Waals surface area contributed by atoms with E-state index in [1.807, 2.05) is 0 Å². The summed E-state index contributed by atoms with van der Waals surface area (Å²) in [6.07, 6.45) is 1.46. The number of carbonyl (C=O) groups is 3. The van der Waals surface area contributed by atoms with Crippen molar-refractivity contribution in [3.8, 4) is 0 Å². The Balaban J connectivity index is 2.17. The van der Waals surface area contributed by atoms with E-state index in [1.165, 1.54) is 37.4 Å². The van der Waals surface area contributed by atoms with Crippen molar-refractivity contribution >= 4 is 44.9 Å². The van der Waals surface area contributed by atoms with Crippen molar-refractivity contribution < 1.29 is 19.3 Å². The first-order chi connectivity index (χ1) is 12.3. The lowest BCUT2D eigenvalue weighted by Crippen LogP contribution is -2.31. The Hall–Kier alpha value is -2.94. The van der Waals surface area contributed by atoms with Crippen LogP contribution < -0.4 is 4.90 Å². The van der Waals surface area contributed by atoms with Crippen molar-refractivity contribution in [3.05, 3.63) is 62.7 Å². The van der Waals surface area contributed by atoms with Crippen LogP contribution in [0.25, 0.3) is 0 Å². The molecule has 26 heavy (non-hydrogen) atoms. The van der Waals surface area contributed by atoms with Crippen LogP contribution in [-0.4, -0.2) is 27.4 Å². The highest BCUT2D eigenvalue weighted by molar-refractivity contribution is 9.10. The van der Waals surface area contributed by atoms with Crippen LogP contribution in [0, 0.1) is 16.0 Å². The summed E-state index contributed by atoms with van der Waals surface area (Å²) in [5, 5.41) is 11.1. The van der Waals surface area contributed by atoms with Crippen molar-refractivity contribution in [3.63, 3.8) is 0 Å².